The molecule has 204 valence electrons. The maximum absolute atomic E-state index is 13.5. The first-order chi connectivity index (χ1) is 18.9. The van der Waals surface area contributed by atoms with Gasteiger partial charge in [0.15, 0.2) is 5.69 Å². The van der Waals surface area contributed by atoms with Gasteiger partial charge in [-0.05, 0) is 48.7 Å². The Morgan fingerprint density at radius 1 is 1.08 bits per heavy atom. The van der Waals surface area contributed by atoms with Crippen molar-refractivity contribution in [3.8, 4) is 5.75 Å². The van der Waals surface area contributed by atoms with E-state index in [1.807, 2.05) is 43.3 Å². The molecule has 1 N–H and O–H groups in total. The molecule has 2 bridgehead atoms. The SMILES string of the molecule is Cc1cc(C(=O)N2CCCOc3cccc(c3)[C@H]3CN(C(=O)Cc4cccnc4)C[C@@H]3C(=O)NCC2)nn1C. The van der Waals surface area contributed by atoms with Crippen LogP contribution < -0.4 is 10.1 Å². The Kier molecular flexibility index (Phi) is 7.90. The molecule has 0 unspecified atom stereocenters. The summed E-state index contributed by atoms with van der Waals surface area (Å²) in [7, 11) is 1.81. The summed E-state index contributed by atoms with van der Waals surface area (Å²) in [6.07, 6.45) is 4.25. The van der Waals surface area contributed by atoms with E-state index >= 15 is 0 Å². The van der Waals surface area contributed by atoms with E-state index in [0.29, 0.717) is 57.2 Å². The van der Waals surface area contributed by atoms with Crippen molar-refractivity contribution in [3.63, 3.8) is 0 Å². The lowest BCUT2D eigenvalue weighted by atomic mass is 9.88. The molecule has 5 rings (SSSR count). The zero-order valence-electron chi connectivity index (χ0n) is 22.4. The molecule has 0 saturated carbocycles. The molecule has 39 heavy (non-hydrogen) atoms. The lowest BCUT2D eigenvalue weighted by molar-refractivity contribution is -0.130. The monoisotopic (exact) mass is 530 g/mol. The molecule has 1 fully saturated rings. The van der Waals surface area contributed by atoms with Gasteiger partial charge in [-0.3, -0.25) is 24.0 Å². The molecule has 3 aromatic rings. The van der Waals surface area contributed by atoms with Crippen LogP contribution >= 0.6 is 0 Å². The average Bonchev–Trinajstić information content (AvgIpc) is 3.54. The molecule has 3 amide bonds. The first kappa shape index (κ1) is 26.4. The number of fused-ring (bicyclic) bond motifs is 4. The number of carbonyl (C=O) groups is 3. The Morgan fingerprint density at radius 3 is 2.69 bits per heavy atom. The predicted molar refractivity (Wildman–Crippen MR) is 144 cm³/mol. The topological polar surface area (TPSA) is 110 Å². The number of hydrogen-bond acceptors (Lipinski definition) is 6. The highest BCUT2D eigenvalue weighted by atomic mass is 16.5. The highest BCUT2D eigenvalue weighted by Gasteiger charge is 2.40. The summed E-state index contributed by atoms with van der Waals surface area (Å²) < 4.78 is 7.71. The van der Waals surface area contributed by atoms with E-state index in [1.54, 1.807) is 40.0 Å². The zero-order chi connectivity index (χ0) is 27.4. The van der Waals surface area contributed by atoms with Crippen molar-refractivity contribution in [1.82, 2.24) is 29.9 Å². The first-order valence-electron chi connectivity index (χ1n) is 13.4. The smallest absolute Gasteiger partial charge is 0.274 e. The number of benzene rings is 1. The maximum atomic E-state index is 13.5. The Balaban J connectivity index is 1.34. The van der Waals surface area contributed by atoms with Gasteiger partial charge in [0.05, 0.1) is 18.9 Å². The average molecular weight is 531 g/mol. The van der Waals surface area contributed by atoms with Crippen molar-refractivity contribution in [3.05, 3.63) is 77.4 Å². The first-order valence-corrected chi connectivity index (χ1v) is 13.4. The zero-order valence-corrected chi connectivity index (χ0v) is 22.4. The van der Waals surface area contributed by atoms with Crippen molar-refractivity contribution >= 4 is 17.7 Å². The molecule has 2 aromatic heterocycles. The third-order valence-electron chi connectivity index (χ3n) is 7.52. The number of hydrogen-bond donors (Lipinski definition) is 1. The molecule has 10 nitrogen and oxygen atoms in total. The molecule has 0 spiro atoms. The number of nitrogens with one attached hydrogen (secondary N) is 1. The molecule has 1 aromatic carbocycles. The van der Waals surface area contributed by atoms with Gasteiger partial charge in [0, 0.05) is 63.8 Å². The van der Waals surface area contributed by atoms with Crippen LogP contribution in [0.2, 0.25) is 0 Å². The van der Waals surface area contributed by atoms with E-state index < -0.39 is 5.92 Å². The van der Waals surface area contributed by atoms with Crippen molar-refractivity contribution in [2.45, 2.75) is 25.7 Å². The van der Waals surface area contributed by atoms with Crippen LogP contribution in [0.25, 0.3) is 0 Å². The molecule has 2 aliphatic rings. The molecule has 4 heterocycles. The van der Waals surface area contributed by atoms with E-state index in [-0.39, 0.29) is 30.1 Å². The van der Waals surface area contributed by atoms with Crippen molar-refractivity contribution in [2.75, 3.05) is 39.3 Å². The maximum Gasteiger partial charge on any atom is 0.274 e. The van der Waals surface area contributed by atoms with E-state index in [2.05, 4.69) is 15.4 Å². The van der Waals surface area contributed by atoms with E-state index in [9.17, 15) is 14.4 Å². The fraction of sp³-hybridized carbons (Fsp3) is 0.414. The fourth-order valence-electron chi connectivity index (χ4n) is 5.27. The summed E-state index contributed by atoms with van der Waals surface area (Å²) in [6.45, 7) is 4.27. The molecular weight excluding hydrogens is 496 g/mol. The molecule has 1 saturated heterocycles. The summed E-state index contributed by atoms with van der Waals surface area (Å²) in [5, 5.41) is 7.38. The van der Waals surface area contributed by atoms with Gasteiger partial charge in [-0.25, -0.2) is 0 Å². The van der Waals surface area contributed by atoms with E-state index in [0.717, 1.165) is 16.8 Å². The Morgan fingerprint density at radius 2 is 1.92 bits per heavy atom. The quantitative estimate of drug-likeness (QED) is 0.555. The molecular formula is C29H34N6O4. The van der Waals surface area contributed by atoms with Crippen LogP contribution in [-0.4, -0.2) is 81.6 Å². The number of aryl methyl sites for hydroxylation is 2. The molecule has 0 radical (unpaired) electrons. The lowest BCUT2D eigenvalue weighted by Crippen LogP contribution is -2.42. The van der Waals surface area contributed by atoms with E-state index in [1.165, 1.54) is 0 Å². The second-order valence-corrected chi connectivity index (χ2v) is 10.2. The second kappa shape index (κ2) is 11.7. The highest BCUT2D eigenvalue weighted by Crippen LogP contribution is 2.35. The van der Waals surface area contributed by atoms with Gasteiger partial charge < -0.3 is 19.9 Å². The standard InChI is InChI=1S/C29H34N6O4/c1-20-14-26(32-33(20)2)29(38)34-11-5-13-39-23-8-3-7-22(16-23)24-18-35(19-25(24)28(37)31-10-12-34)27(36)15-21-6-4-9-30-17-21/h3-4,6-9,14,16-17,24-25H,5,10-13,15,18-19H2,1-2H3,(H,31,37)/t24-,25+/m1/s1. The summed E-state index contributed by atoms with van der Waals surface area (Å²) in [6, 6.07) is 13.2. The van der Waals surface area contributed by atoms with Crippen LogP contribution in [0.3, 0.4) is 0 Å². The Hall–Kier alpha value is -4.21. The van der Waals surface area contributed by atoms with Gasteiger partial charge >= 0.3 is 0 Å². The summed E-state index contributed by atoms with van der Waals surface area (Å²) >= 11 is 0. The number of ether oxygens (including phenoxy) is 1. The van der Waals surface area contributed by atoms with Crippen LogP contribution in [0.1, 0.15) is 39.6 Å². The number of likely N-dealkylation sites (tertiary alicyclic amines) is 1. The summed E-state index contributed by atoms with van der Waals surface area (Å²) in [5.74, 6) is -0.195. The molecule has 10 heteroatoms. The minimum atomic E-state index is -0.413. The van der Waals surface area contributed by atoms with Crippen LogP contribution in [0.5, 0.6) is 5.75 Å². The Labute approximate surface area is 228 Å². The number of aromatic nitrogens is 3. The second-order valence-electron chi connectivity index (χ2n) is 10.2. The van der Waals surface area contributed by atoms with Gasteiger partial charge in [0.2, 0.25) is 11.8 Å². The van der Waals surface area contributed by atoms with Crippen molar-refractivity contribution < 1.29 is 19.1 Å². The van der Waals surface area contributed by atoms with Crippen molar-refractivity contribution in [2.24, 2.45) is 13.0 Å². The minimum Gasteiger partial charge on any atom is -0.494 e. The largest absolute Gasteiger partial charge is 0.494 e. The van der Waals surface area contributed by atoms with Gasteiger partial charge in [0.1, 0.15) is 5.75 Å². The van der Waals surface area contributed by atoms with Gasteiger partial charge in [-0.2, -0.15) is 5.10 Å². The number of rotatable bonds is 3. The minimum absolute atomic E-state index is 0.0314. The molecule has 2 atom stereocenters. The third kappa shape index (κ3) is 6.10. The normalized spacial score (nSPS) is 20.0. The highest BCUT2D eigenvalue weighted by molar-refractivity contribution is 5.92. The Bertz CT molecular complexity index is 1320. The molecule has 0 aliphatic carbocycles. The van der Waals surface area contributed by atoms with Crippen LogP contribution in [0, 0.1) is 12.8 Å². The number of nitrogens with zero attached hydrogens (tertiary/aromatic N) is 5. The predicted octanol–water partition coefficient (Wildman–Crippen LogP) is 1.95. The molecule has 2 aliphatic heterocycles. The number of pyridine rings is 1. The van der Waals surface area contributed by atoms with Gasteiger partial charge in [-0.15, -0.1) is 0 Å². The number of amides is 3. The van der Waals surface area contributed by atoms with Gasteiger partial charge in [0.25, 0.3) is 5.91 Å². The summed E-state index contributed by atoms with van der Waals surface area (Å²) in [5.41, 5.74) is 3.10. The fourth-order valence-corrected chi connectivity index (χ4v) is 5.27. The number of carbonyl (C=O) groups excluding carboxylic acids is 3. The van der Waals surface area contributed by atoms with Crippen LogP contribution in [0.4, 0.5) is 0 Å². The van der Waals surface area contributed by atoms with Crippen LogP contribution in [-0.2, 0) is 23.1 Å². The summed E-state index contributed by atoms with van der Waals surface area (Å²) in [4.78, 5) is 47.5. The van der Waals surface area contributed by atoms with Gasteiger partial charge in [-0.1, -0.05) is 18.2 Å². The van der Waals surface area contributed by atoms with Crippen molar-refractivity contribution in [1.29, 1.82) is 0 Å². The van der Waals surface area contributed by atoms with E-state index in [4.69, 9.17) is 4.74 Å². The third-order valence-corrected chi connectivity index (χ3v) is 7.52. The van der Waals surface area contributed by atoms with Crippen LogP contribution in [0.15, 0.2) is 54.9 Å². The lowest BCUT2D eigenvalue weighted by Gasteiger charge is -2.24.